The monoisotopic (exact) mass is 213 g/mol. The van der Waals surface area contributed by atoms with Gasteiger partial charge in [-0.15, -0.1) is 0 Å². The number of carbonyl (C=O) groups is 1. The second-order valence-electron chi connectivity index (χ2n) is 5.51. The second-order valence-corrected chi connectivity index (χ2v) is 5.51. The number of hydrogen-bond donors (Lipinski definition) is 0. The van der Waals surface area contributed by atoms with Crippen LogP contribution in [0, 0.1) is 11.3 Å². The van der Waals surface area contributed by atoms with E-state index in [2.05, 4.69) is 20.8 Å². The number of nitrogens with zero attached hydrogens (tertiary/aromatic N) is 1. The van der Waals surface area contributed by atoms with Gasteiger partial charge in [-0.3, -0.25) is 4.79 Å². The summed E-state index contributed by atoms with van der Waals surface area (Å²) in [6.45, 7) is 10.3. The van der Waals surface area contributed by atoms with Crippen molar-refractivity contribution in [3.8, 4) is 0 Å². The minimum atomic E-state index is -0.302. The maximum absolute atomic E-state index is 11.8. The maximum Gasteiger partial charge on any atom is 0.251 e. The van der Waals surface area contributed by atoms with Crippen LogP contribution < -0.4 is 0 Å². The van der Waals surface area contributed by atoms with Gasteiger partial charge in [0.1, 0.15) is 6.10 Å². The van der Waals surface area contributed by atoms with Crippen LogP contribution in [0.15, 0.2) is 0 Å². The van der Waals surface area contributed by atoms with Crippen LogP contribution >= 0.6 is 0 Å². The van der Waals surface area contributed by atoms with Gasteiger partial charge in [0, 0.05) is 20.2 Å². The molecule has 0 aliphatic carbocycles. The number of carbonyl (C=O) groups excluding carboxylic acids is 1. The summed E-state index contributed by atoms with van der Waals surface area (Å²) in [7, 11) is 1.58. The van der Waals surface area contributed by atoms with Crippen LogP contribution in [-0.2, 0) is 9.53 Å². The Morgan fingerprint density at radius 1 is 1.47 bits per heavy atom. The van der Waals surface area contributed by atoms with Crippen molar-refractivity contribution in [3.05, 3.63) is 0 Å². The van der Waals surface area contributed by atoms with Crippen LogP contribution in [0.3, 0.4) is 0 Å². The summed E-state index contributed by atoms with van der Waals surface area (Å²) in [6, 6.07) is 0. The predicted molar refractivity (Wildman–Crippen MR) is 60.6 cm³/mol. The average molecular weight is 213 g/mol. The smallest absolute Gasteiger partial charge is 0.251 e. The lowest BCUT2D eigenvalue weighted by Crippen LogP contribution is -2.38. The van der Waals surface area contributed by atoms with Crippen LogP contribution in [0.25, 0.3) is 0 Å². The van der Waals surface area contributed by atoms with E-state index >= 15 is 0 Å². The predicted octanol–water partition coefficient (Wildman–Crippen LogP) is 1.92. The van der Waals surface area contributed by atoms with Gasteiger partial charge in [0.2, 0.25) is 0 Å². The lowest BCUT2D eigenvalue weighted by atomic mass is 9.80. The molecule has 2 atom stereocenters. The molecule has 0 spiro atoms. The molecule has 1 amide bonds. The van der Waals surface area contributed by atoms with Gasteiger partial charge in [-0.25, -0.2) is 0 Å². The van der Waals surface area contributed by atoms with Crippen LogP contribution in [0.4, 0.5) is 0 Å². The van der Waals surface area contributed by atoms with Gasteiger partial charge in [0.15, 0.2) is 0 Å². The number of hydrogen-bond acceptors (Lipinski definition) is 2. The number of amides is 1. The molecule has 0 aromatic carbocycles. The van der Waals surface area contributed by atoms with E-state index in [1.165, 1.54) is 0 Å². The van der Waals surface area contributed by atoms with E-state index in [4.69, 9.17) is 4.74 Å². The third-order valence-corrected chi connectivity index (χ3v) is 3.43. The van der Waals surface area contributed by atoms with Crippen molar-refractivity contribution in [3.63, 3.8) is 0 Å². The average Bonchev–Trinajstić information content (AvgIpc) is 2.63. The zero-order valence-corrected chi connectivity index (χ0v) is 10.5. The van der Waals surface area contributed by atoms with Gasteiger partial charge in [0.05, 0.1) is 0 Å². The highest BCUT2D eigenvalue weighted by Gasteiger charge is 2.34. The summed E-state index contributed by atoms with van der Waals surface area (Å²) < 4.78 is 5.05. The normalized spacial score (nSPS) is 24.3. The molecule has 0 N–H and O–H groups in total. The van der Waals surface area contributed by atoms with Gasteiger partial charge in [-0.2, -0.15) is 0 Å². The summed E-state index contributed by atoms with van der Waals surface area (Å²) in [6.07, 6.45) is 0.815. The highest BCUT2D eigenvalue weighted by molar-refractivity contribution is 5.80. The van der Waals surface area contributed by atoms with Gasteiger partial charge < -0.3 is 9.64 Å². The molecule has 3 nitrogen and oxygen atoms in total. The molecule has 1 rings (SSSR count). The van der Waals surface area contributed by atoms with Crippen LogP contribution in [0.1, 0.15) is 34.1 Å². The topological polar surface area (TPSA) is 29.5 Å². The quantitative estimate of drug-likeness (QED) is 0.701. The van der Waals surface area contributed by atoms with Crippen LogP contribution in [-0.4, -0.2) is 37.1 Å². The highest BCUT2D eigenvalue weighted by atomic mass is 16.5. The van der Waals surface area contributed by atoms with E-state index in [1.807, 2.05) is 11.8 Å². The molecular weight excluding hydrogens is 190 g/mol. The Kier molecular flexibility index (Phi) is 3.77. The largest absolute Gasteiger partial charge is 0.372 e. The van der Waals surface area contributed by atoms with Gasteiger partial charge in [-0.1, -0.05) is 20.8 Å². The second kappa shape index (κ2) is 4.52. The number of rotatable bonds is 2. The summed E-state index contributed by atoms with van der Waals surface area (Å²) in [4.78, 5) is 13.8. The van der Waals surface area contributed by atoms with Crippen molar-refractivity contribution >= 4 is 5.91 Å². The summed E-state index contributed by atoms with van der Waals surface area (Å²) in [5.41, 5.74) is 0.297. The van der Waals surface area contributed by atoms with Gasteiger partial charge in [0.25, 0.3) is 5.91 Å². The van der Waals surface area contributed by atoms with Crippen molar-refractivity contribution < 1.29 is 9.53 Å². The Morgan fingerprint density at radius 3 is 2.47 bits per heavy atom. The lowest BCUT2D eigenvalue weighted by Gasteiger charge is -2.27. The maximum atomic E-state index is 11.8. The molecule has 0 bridgehead atoms. The first kappa shape index (κ1) is 12.5. The molecule has 1 heterocycles. The fraction of sp³-hybridized carbons (Fsp3) is 0.917. The Labute approximate surface area is 92.8 Å². The minimum Gasteiger partial charge on any atom is -0.372 e. The minimum absolute atomic E-state index is 0.129. The highest BCUT2D eigenvalue weighted by Crippen LogP contribution is 2.33. The molecule has 1 saturated heterocycles. The zero-order chi connectivity index (χ0) is 11.6. The Hall–Kier alpha value is -0.570. The third kappa shape index (κ3) is 2.94. The fourth-order valence-corrected chi connectivity index (χ4v) is 2.03. The molecule has 0 saturated carbocycles. The molecular formula is C12H23NO2. The summed E-state index contributed by atoms with van der Waals surface area (Å²) in [5.74, 6) is 0.745. The Morgan fingerprint density at radius 2 is 2.07 bits per heavy atom. The Balaban J connectivity index is 2.53. The summed E-state index contributed by atoms with van der Waals surface area (Å²) in [5, 5.41) is 0. The third-order valence-electron chi connectivity index (χ3n) is 3.43. The molecule has 2 unspecified atom stereocenters. The van der Waals surface area contributed by atoms with Crippen molar-refractivity contribution in [2.45, 2.75) is 40.2 Å². The molecule has 15 heavy (non-hydrogen) atoms. The van der Waals surface area contributed by atoms with Crippen LogP contribution in [0.2, 0.25) is 0 Å². The molecule has 1 fully saturated rings. The summed E-state index contributed by atoms with van der Waals surface area (Å²) >= 11 is 0. The van der Waals surface area contributed by atoms with E-state index in [-0.39, 0.29) is 12.0 Å². The molecule has 0 radical (unpaired) electrons. The molecule has 1 aliphatic rings. The number of methoxy groups -OCH3 is 1. The van der Waals surface area contributed by atoms with Crippen molar-refractivity contribution in [2.75, 3.05) is 20.2 Å². The van der Waals surface area contributed by atoms with E-state index in [0.29, 0.717) is 11.3 Å². The van der Waals surface area contributed by atoms with Gasteiger partial charge >= 0.3 is 0 Å². The molecule has 0 aromatic heterocycles. The SMILES string of the molecule is COC(C)C(=O)N1CCC(C(C)(C)C)C1. The van der Waals surface area contributed by atoms with E-state index in [9.17, 15) is 4.79 Å². The number of ether oxygens (including phenoxy) is 1. The van der Waals surface area contributed by atoms with Crippen molar-refractivity contribution in [2.24, 2.45) is 11.3 Å². The van der Waals surface area contributed by atoms with E-state index < -0.39 is 0 Å². The van der Waals surface area contributed by atoms with Gasteiger partial charge in [-0.05, 0) is 24.7 Å². The molecule has 88 valence electrons. The fourth-order valence-electron chi connectivity index (χ4n) is 2.03. The first-order valence-corrected chi connectivity index (χ1v) is 5.68. The van der Waals surface area contributed by atoms with Crippen LogP contribution in [0.5, 0.6) is 0 Å². The van der Waals surface area contributed by atoms with E-state index in [1.54, 1.807) is 7.11 Å². The first-order chi connectivity index (χ1) is 6.86. The lowest BCUT2D eigenvalue weighted by molar-refractivity contribution is -0.140. The van der Waals surface area contributed by atoms with E-state index in [0.717, 1.165) is 19.5 Å². The first-order valence-electron chi connectivity index (χ1n) is 5.68. The zero-order valence-electron chi connectivity index (χ0n) is 10.5. The standard InChI is InChI=1S/C12H23NO2/c1-9(15-5)11(14)13-7-6-10(8-13)12(2,3)4/h9-10H,6-8H2,1-5H3. The van der Waals surface area contributed by atoms with Crippen molar-refractivity contribution in [1.29, 1.82) is 0 Å². The number of likely N-dealkylation sites (tertiary alicyclic amines) is 1. The Bertz CT molecular complexity index is 232. The van der Waals surface area contributed by atoms with Crippen molar-refractivity contribution in [1.82, 2.24) is 4.90 Å². The molecule has 3 heteroatoms. The molecule has 0 aromatic rings. The molecule has 1 aliphatic heterocycles.